The Morgan fingerprint density at radius 3 is 2.29 bits per heavy atom. The lowest BCUT2D eigenvalue weighted by molar-refractivity contribution is -0.132. The molecule has 0 aromatic heterocycles. The maximum absolute atomic E-state index is 12.5. The third-order valence-corrected chi connectivity index (χ3v) is 5.04. The molecule has 0 aliphatic carbocycles. The number of hydrogen-bond acceptors (Lipinski definition) is 3. The zero-order valence-electron chi connectivity index (χ0n) is 14.2. The highest BCUT2D eigenvalue weighted by molar-refractivity contribution is 6.35. The van der Waals surface area contributed by atoms with Gasteiger partial charge in [-0.15, -0.1) is 0 Å². The maximum atomic E-state index is 12.5. The highest BCUT2D eigenvalue weighted by Crippen LogP contribution is 2.26. The molecule has 1 aromatic rings. The smallest absolute Gasteiger partial charge is 0.237 e. The van der Waals surface area contributed by atoms with E-state index in [2.05, 4.69) is 10.2 Å². The van der Waals surface area contributed by atoms with Gasteiger partial charge in [-0.3, -0.25) is 14.5 Å². The second-order valence-electron chi connectivity index (χ2n) is 6.11. The molecular formula is C17H23Cl2N3O2. The molecule has 2 amide bonds. The van der Waals surface area contributed by atoms with Crippen molar-refractivity contribution in [3.63, 3.8) is 0 Å². The summed E-state index contributed by atoms with van der Waals surface area (Å²) in [7, 11) is 0. The van der Waals surface area contributed by atoms with Crippen LogP contribution in [0.25, 0.3) is 0 Å². The van der Waals surface area contributed by atoms with Crippen molar-refractivity contribution < 1.29 is 9.59 Å². The molecule has 132 valence electrons. The van der Waals surface area contributed by atoms with E-state index in [4.69, 9.17) is 23.2 Å². The number of benzene rings is 1. The van der Waals surface area contributed by atoms with Crippen molar-refractivity contribution >= 4 is 35.0 Å². The number of amides is 2. The molecule has 1 saturated heterocycles. The van der Waals surface area contributed by atoms with E-state index in [1.54, 1.807) is 24.0 Å². The fraction of sp³-hybridized carbons (Fsp3) is 0.529. The molecule has 2 atom stereocenters. The third kappa shape index (κ3) is 4.62. The minimum absolute atomic E-state index is 0.0511. The largest absolute Gasteiger partial charge is 0.348 e. The van der Waals surface area contributed by atoms with Crippen molar-refractivity contribution in [3.05, 3.63) is 33.8 Å². The highest BCUT2D eigenvalue weighted by atomic mass is 35.5. The van der Waals surface area contributed by atoms with E-state index in [-0.39, 0.29) is 23.9 Å². The van der Waals surface area contributed by atoms with Gasteiger partial charge in [-0.2, -0.15) is 0 Å². The molecule has 0 spiro atoms. The van der Waals surface area contributed by atoms with E-state index < -0.39 is 0 Å². The van der Waals surface area contributed by atoms with Crippen LogP contribution in [0, 0.1) is 0 Å². The van der Waals surface area contributed by atoms with Crippen LogP contribution < -0.4 is 5.32 Å². The molecule has 1 aliphatic rings. The van der Waals surface area contributed by atoms with Gasteiger partial charge in [0.2, 0.25) is 11.8 Å². The minimum atomic E-state index is -0.257. The van der Waals surface area contributed by atoms with Gasteiger partial charge in [0.05, 0.1) is 12.1 Å². The fourth-order valence-corrected chi connectivity index (χ4v) is 3.43. The fourth-order valence-electron chi connectivity index (χ4n) is 2.85. The van der Waals surface area contributed by atoms with Gasteiger partial charge in [0, 0.05) is 43.1 Å². The van der Waals surface area contributed by atoms with Gasteiger partial charge in [0.1, 0.15) is 0 Å². The average molecular weight is 372 g/mol. The average Bonchev–Trinajstić information content (AvgIpc) is 2.53. The minimum Gasteiger partial charge on any atom is -0.348 e. The molecule has 0 saturated carbocycles. The van der Waals surface area contributed by atoms with E-state index >= 15 is 0 Å². The first-order valence-electron chi connectivity index (χ1n) is 8.04. The Kier molecular flexibility index (Phi) is 6.49. The topological polar surface area (TPSA) is 52.7 Å². The van der Waals surface area contributed by atoms with Crippen LogP contribution in [0.2, 0.25) is 10.0 Å². The van der Waals surface area contributed by atoms with E-state index in [0.717, 1.165) is 5.56 Å². The molecule has 24 heavy (non-hydrogen) atoms. The molecule has 2 unspecified atom stereocenters. The van der Waals surface area contributed by atoms with E-state index in [9.17, 15) is 9.59 Å². The Balaban J connectivity index is 1.93. The van der Waals surface area contributed by atoms with Gasteiger partial charge in [0.25, 0.3) is 0 Å². The van der Waals surface area contributed by atoms with Gasteiger partial charge in [0.15, 0.2) is 0 Å². The van der Waals surface area contributed by atoms with Crippen molar-refractivity contribution in [2.45, 2.75) is 32.9 Å². The summed E-state index contributed by atoms with van der Waals surface area (Å²) in [5, 5.41) is 4.11. The summed E-state index contributed by atoms with van der Waals surface area (Å²) in [6.45, 7) is 8.07. The molecule has 7 heteroatoms. The third-order valence-electron chi connectivity index (χ3n) is 4.47. The second kappa shape index (κ2) is 8.19. The second-order valence-corrected chi connectivity index (χ2v) is 6.96. The van der Waals surface area contributed by atoms with Crippen molar-refractivity contribution in [1.82, 2.24) is 15.1 Å². The maximum Gasteiger partial charge on any atom is 0.237 e. The predicted octanol–water partition coefficient (Wildman–Crippen LogP) is 2.72. The van der Waals surface area contributed by atoms with Gasteiger partial charge in [-0.25, -0.2) is 0 Å². The monoisotopic (exact) mass is 371 g/mol. The number of carbonyl (C=O) groups is 2. The zero-order valence-corrected chi connectivity index (χ0v) is 15.7. The Morgan fingerprint density at radius 1 is 1.12 bits per heavy atom. The Morgan fingerprint density at radius 2 is 1.75 bits per heavy atom. The van der Waals surface area contributed by atoms with Crippen molar-refractivity contribution in [2.75, 3.05) is 26.2 Å². The summed E-state index contributed by atoms with van der Waals surface area (Å²) in [5.41, 5.74) is 0.836. The number of rotatable bonds is 4. The van der Waals surface area contributed by atoms with Crippen molar-refractivity contribution in [1.29, 1.82) is 0 Å². The Bertz CT molecular complexity index is 616. The number of nitrogens with zero attached hydrogens (tertiary/aromatic N) is 2. The molecule has 1 fully saturated rings. The molecule has 1 aliphatic heterocycles. The number of piperazine rings is 1. The number of hydrogen-bond donors (Lipinski definition) is 1. The van der Waals surface area contributed by atoms with Crippen LogP contribution in [0.5, 0.6) is 0 Å². The van der Waals surface area contributed by atoms with Crippen LogP contribution in [0.3, 0.4) is 0 Å². The summed E-state index contributed by atoms with van der Waals surface area (Å²) >= 11 is 12.1. The zero-order chi connectivity index (χ0) is 17.9. The SMILES string of the molecule is CC(=O)N1CCN(C(C)C(=O)NC(C)c2ccc(Cl)cc2Cl)CC1. The van der Waals surface area contributed by atoms with Gasteiger partial charge >= 0.3 is 0 Å². The molecule has 1 N–H and O–H groups in total. The molecule has 0 bridgehead atoms. The first-order chi connectivity index (χ1) is 11.3. The van der Waals surface area contributed by atoms with Gasteiger partial charge in [-0.05, 0) is 31.5 Å². The number of halogens is 2. The lowest BCUT2D eigenvalue weighted by Crippen LogP contribution is -2.54. The molecule has 2 rings (SSSR count). The van der Waals surface area contributed by atoms with Crippen LogP contribution >= 0.6 is 23.2 Å². The number of nitrogens with one attached hydrogen (secondary N) is 1. The standard InChI is InChI=1S/C17H23Cl2N3O2/c1-11(15-5-4-14(18)10-16(15)19)20-17(24)12(2)21-6-8-22(9-7-21)13(3)23/h4-5,10-12H,6-9H2,1-3H3,(H,20,24). The quantitative estimate of drug-likeness (QED) is 0.884. The highest BCUT2D eigenvalue weighted by Gasteiger charge is 2.27. The lowest BCUT2D eigenvalue weighted by atomic mass is 10.1. The van der Waals surface area contributed by atoms with Gasteiger partial charge in [-0.1, -0.05) is 29.3 Å². The summed E-state index contributed by atoms with van der Waals surface area (Å²) in [5.74, 6) is 0.0301. The van der Waals surface area contributed by atoms with Gasteiger partial charge < -0.3 is 10.2 Å². The Labute approximate surface area is 152 Å². The molecule has 0 radical (unpaired) electrons. The summed E-state index contributed by atoms with van der Waals surface area (Å²) in [4.78, 5) is 27.8. The molecule has 5 nitrogen and oxygen atoms in total. The molecule has 1 aromatic carbocycles. The number of carbonyl (C=O) groups excluding carboxylic acids is 2. The van der Waals surface area contributed by atoms with Crippen molar-refractivity contribution in [3.8, 4) is 0 Å². The van der Waals surface area contributed by atoms with Crippen LogP contribution in [0.15, 0.2) is 18.2 Å². The molecule has 1 heterocycles. The van der Waals surface area contributed by atoms with Crippen LogP contribution in [-0.4, -0.2) is 53.8 Å². The van der Waals surface area contributed by atoms with Crippen LogP contribution in [0.1, 0.15) is 32.4 Å². The summed E-state index contributed by atoms with van der Waals surface area (Å²) < 4.78 is 0. The van der Waals surface area contributed by atoms with Crippen LogP contribution in [-0.2, 0) is 9.59 Å². The summed E-state index contributed by atoms with van der Waals surface area (Å²) in [6.07, 6.45) is 0. The van der Waals surface area contributed by atoms with E-state index in [1.807, 2.05) is 19.9 Å². The molecular weight excluding hydrogens is 349 g/mol. The van der Waals surface area contributed by atoms with E-state index in [1.165, 1.54) is 0 Å². The summed E-state index contributed by atoms with van der Waals surface area (Å²) in [6, 6.07) is 4.80. The lowest BCUT2D eigenvalue weighted by Gasteiger charge is -2.37. The van der Waals surface area contributed by atoms with E-state index in [0.29, 0.717) is 36.2 Å². The first-order valence-corrected chi connectivity index (χ1v) is 8.80. The predicted molar refractivity (Wildman–Crippen MR) is 96.3 cm³/mol. The Hall–Kier alpha value is -1.30. The normalized spacial score (nSPS) is 18.1. The van der Waals surface area contributed by atoms with Crippen LogP contribution in [0.4, 0.5) is 0 Å². The van der Waals surface area contributed by atoms with Crippen molar-refractivity contribution in [2.24, 2.45) is 0 Å². The first kappa shape index (κ1) is 19.0.